The first-order valence-corrected chi connectivity index (χ1v) is 9.40. The van der Waals surface area contributed by atoms with Gasteiger partial charge in [-0.1, -0.05) is 69.3 Å². The van der Waals surface area contributed by atoms with E-state index in [9.17, 15) is 4.79 Å². The first-order valence-electron chi connectivity index (χ1n) is 9.40. The van der Waals surface area contributed by atoms with Crippen molar-refractivity contribution in [2.45, 2.75) is 33.2 Å². The molecule has 1 N–H and O–H groups in total. The van der Waals surface area contributed by atoms with Crippen LogP contribution in [0.25, 0.3) is 0 Å². The molecule has 2 bridgehead atoms. The predicted octanol–water partition coefficient (Wildman–Crippen LogP) is 5.34. The molecule has 2 aromatic carbocycles. The lowest BCUT2D eigenvalue weighted by Crippen LogP contribution is -2.61. The summed E-state index contributed by atoms with van der Waals surface area (Å²) in [6.45, 7) is 6.84. The zero-order valence-electron chi connectivity index (χ0n) is 15.3. The number of carbonyl (C=O) groups excluding carboxylic acids is 1. The highest BCUT2D eigenvalue weighted by atomic mass is 16.1. The molecule has 0 heterocycles. The normalized spacial score (nSPS) is 31.1. The van der Waals surface area contributed by atoms with Crippen molar-refractivity contribution in [2.75, 3.05) is 5.32 Å². The second-order valence-corrected chi connectivity index (χ2v) is 8.40. The van der Waals surface area contributed by atoms with Crippen LogP contribution in [-0.4, -0.2) is 5.78 Å². The molecule has 2 nitrogen and oxygen atoms in total. The Morgan fingerprint density at radius 2 is 1.60 bits per heavy atom. The fraction of sp³-hybridized carbons (Fsp3) is 0.435. The summed E-state index contributed by atoms with van der Waals surface area (Å²) in [6.07, 6.45) is 1.08. The summed E-state index contributed by atoms with van der Waals surface area (Å²) in [5.41, 5.74) is 2.45. The third-order valence-corrected chi connectivity index (χ3v) is 6.83. The summed E-state index contributed by atoms with van der Waals surface area (Å²) in [5.74, 6) is 1.76. The Hall–Kier alpha value is -2.09. The molecule has 5 atom stereocenters. The lowest BCUT2D eigenvalue weighted by atomic mass is 9.42. The number of Topliss-reactive ketones (excluding diaryl/α,β-unsaturated/α-hetero) is 1. The highest BCUT2D eigenvalue weighted by Crippen LogP contribution is 2.63. The number of carbonyl (C=O) groups is 1. The minimum absolute atomic E-state index is 0.0347. The van der Waals surface area contributed by atoms with E-state index in [1.165, 1.54) is 5.56 Å². The van der Waals surface area contributed by atoms with Crippen LogP contribution in [0.1, 0.15) is 38.8 Å². The molecule has 0 radical (unpaired) electrons. The van der Waals surface area contributed by atoms with Gasteiger partial charge in [-0.15, -0.1) is 0 Å². The smallest absolute Gasteiger partial charge is 0.142 e. The van der Waals surface area contributed by atoms with Crippen molar-refractivity contribution in [1.82, 2.24) is 0 Å². The highest BCUT2D eigenvalue weighted by Gasteiger charge is 2.62. The van der Waals surface area contributed by atoms with E-state index in [4.69, 9.17) is 0 Å². The molecule has 2 heteroatoms. The monoisotopic (exact) mass is 333 g/mol. The van der Waals surface area contributed by atoms with Crippen LogP contribution in [0.4, 0.5) is 5.69 Å². The average Bonchev–Trinajstić information content (AvgIpc) is 2.61. The van der Waals surface area contributed by atoms with Crippen molar-refractivity contribution in [3.63, 3.8) is 0 Å². The van der Waals surface area contributed by atoms with Gasteiger partial charge in [-0.25, -0.2) is 0 Å². The third kappa shape index (κ3) is 2.59. The summed E-state index contributed by atoms with van der Waals surface area (Å²) in [6, 6.07) is 20.8. The van der Waals surface area contributed by atoms with Gasteiger partial charge in [0, 0.05) is 17.5 Å². The molecular weight excluding hydrogens is 306 g/mol. The van der Waals surface area contributed by atoms with E-state index in [-0.39, 0.29) is 23.3 Å². The summed E-state index contributed by atoms with van der Waals surface area (Å²) >= 11 is 0. The predicted molar refractivity (Wildman–Crippen MR) is 102 cm³/mol. The number of nitrogens with one attached hydrogen (secondary N) is 1. The van der Waals surface area contributed by atoms with Crippen LogP contribution in [0.15, 0.2) is 60.7 Å². The van der Waals surface area contributed by atoms with E-state index >= 15 is 0 Å². The molecule has 3 aliphatic carbocycles. The summed E-state index contributed by atoms with van der Waals surface area (Å²) < 4.78 is 0. The second-order valence-electron chi connectivity index (χ2n) is 8.40. The van der Waals surface area contributed by atoms with Crippen molar-refractivity contribution < 1.29 is 4.79 Å². The molecule has 0 spiro atoms. The van der Waals surface area contributed by atoms with E-state index < -0.39 is 0 Å². The van der Waals surface area contributed by atoms with Gasteiger partial charge in [-0.05, 0) is 41.4 Å². The summed E-state index contributed by atoms with van der Waals surface area (Å²) in [5, 5.41) is 3.67. The molecule has 0 aliphatic heterocycles. The van der Waals surface area contributed by atoms with E-state index in [1.54, 1.807) is 0 Å². The van der Waals surface area contributed by atoms with E-state index in [1.807, 2.05) is 24.3 Å². The Balaban J connectivity index is 1.70. The van der Waals surface area contributed by atoms with E-state index in [0.29, 0.717) is 17.6 Å². The fourth-order valence-electron chi connectivity index (χ4n) is 5.30. The van der Waals surface area contributed by atoms with Gasteiger partial charge in [0.1, 0.15) is 5.78 Å². The average molecular weight is 333 g/mol. The van der Waals surface area contributed by atoms with Gasteiger partial charge in [-0.3, -0.25) is 4.79 Å². The minimum atomic E-state index is 0.0347. The van der Waals surface area contributed by atoms with Crippen LogP contribution >= 0.6 is 0 Å². The largest absolute Gasteiger partial charge is 0.377 e. The quantitative estimate of drug-likeness (QED) is 0.818. The lowest BCUT2D eigenvalue weighted by Gasteiger charge is -2.61. The number of anilines is 1. The Morgan fingerprint density at radius 1 is 1.00 bits per heavy atom. The van der Waals surface area contributed by atoms with Crippen LogP contribution in [0.2, 0.25) is 0 Å². The Bertz CT molecular complexity index is 752. The zero-order valence-corrected chi connectivity index (χ0v) is 15.3. The zero-order chi connectivity index (χ0) is 17.6. The molecule has 3 saturated carbocycles. The number of rotatable bonds is 4. The molecule has 5 unspecified atom stereocenters. The molecule has 5 rings (SSSR count). The molecule has 0 aromatic heterocycles. The van der Waals surface area contributed by atoms with E-state index in [2.05, 4.69) is 62.5 Å². The van der Waals surface area contributed by atoms with Gasteiger partial charge in [0.05, 0.1) is 6.04 Å². The Labute approximate surface area is 150 Å². The van der Waals surface area contributed by atoms with Crippen LogP contribution < -0.4 is 5.32 Å². The molecule has 130 valence electrons. The van der Waals surface area contributed by atoms with Crippen molar-refractivity contribution in [3.8, 4) is 0 Å². The molecule has 25 heavy (non-hydrogen) atoms. The van der Waals surface area contributed by atoms with Crippen LogP contribution in [-0.2, 0) is 4.79 Å². The number of hydrogen-bond donors (Lipinski definition) is 1. The SMILES string of the molecule is CC1C(C(Nc2ccccc2)c2ccccc2)C(=O)C2CC1C2(C)C. The van der Waals surface area contributed by atoms with E-state index in [0.717, 1.165) is 12.1 Å². The topological polar surface area (TPSA) is 29.1 Å². The third-order valence-electron chi connectivity index (χ3n) is 6.83. The van der Waals surface area contributed by atoms with Crippen LogP contribution in [0.3, 0.4) is 0 Å². The second kappa shape index (κ2) is 6.01. The van der Waals surface area contributed by atoms with Gasteiger partial charge < -0.3 is 5.32 Å². The molecule has 0 saturated heterocycles. The molecular formula is C23H27NO. The lowest BCUT2D eigenvalue weighted by molar-refractivity contribution is -0.169. The first-order chi connectivity index (χ1) is 12.0. The molecule has 3 fully saturated rings. The minimum Gasteiger partial charge on any atom is -0.377 e. The fourth-order valence-corrected chi connectivity index (χ4v) is 5.30. The maximum Gasteiger partial charge on any atom is 0.142 e. The highest BCUT2D eigenvalue weighted by molar-refractivity contribution is 5.88. The number of hydrogen-bond acceptors (Lipinski definition) is 2. The van der Waals surface area contributed by atoms with Gasteiger partial charge in [0.15, 0.2) is 0 Å². The number of fused-ring (bicyclic) bond motifs is 2. The summed E-state index contributed by atoms with van der Waals surface area (Å²) in [4.78, 5) is 13.4. The number of benzene rings is 2. The van der Waals surface area contributed by atoms with Gasteiger partial charge in [-0.2, -0.15) is 0 Å². The maximum absolute atomic E-state index is 13.4. The van der Waals surface area contributed by atoms with Crippen LogP contribution in [0.5, 0.6) is 0 Å². The molecule has 3 aliphatic rings. The Kier molecular flexibility index (Phi) is 3.94. The standard InChI is InChI=1S/C23H27NO/c1-15-18-14-19(23(18,2)3)22(25)20(15)21(16-10-6-4-7-11-16)24-17-12-8-5-9-13-17/h4-13,15,18-21,24H,14H2,1-3H3. The molecule has 0 amide bonds. The van der Waals surface area contributed by atoms with Crippen LogP contribution in [0, 0.1) is 29.1 Å². The molecule has 2 aromatic rings. The van der Waals surface area contributed by atoms with Crippen molar-refractivity contribution >= 4 is 11.5 Å². The Morgan fingerprint density at radius 3 is 2.16 bits per heavy atom. The van der Waals surface area contributed by atoms with Gasteiger partial charge >= 0.3 is 0 Å². The number of para-hydroxylation sites is 1. The summed E-state index contributed by atoms with van der Waals surface area (Å²) in [7, 11) is 0. The van der Waals surface area contributed by atoms with Gasteiger partial charge in [0.25, 0.3) is 0 Å². The maximum atomic E-state index is 13.4. The first kappa shape index (κ1) is 16.4. The van der Waals surface area contributed by atoms with Crippen molar-refractivity contribution in [1.29, 1.82) is 0 Å². The van der Waals surface area contributed by atoms with Crippen molar-refractivity contribution in [3.05, 3.63) is 66.2 Å². The number of ketones is 1. The van der Waals surface area contributed by atoms with Gasteiger partial charge in [0.2, 0.25) is 0 Å². The van der Waals surface area contributed by atoms with Crippen molar-refractivity contribution in [2.24, 2.45) is 29.1 Å².